The highest BCUT2D eigenvalue weighted by Crippen LogP contribution is 2.32. The fourth-order valence-corrected chi connectivity index (χ4v) is 1.70. The van der Waals surface area contributed by atoms with Gasteiger partial charge >= 0.3 is 6.18 Å². The first-order chi connectivity index (χ1) is 8.80. The van der Waals surface area contributed by atoms with Gasteiger partial charge < -0.3 is 0 Å². The first-order valence-electron chi connectivity index (χ1n) is 4.87. The predicted molar refractivity (Wildman–Crippen MR) is 60.2 cm³/mol. The van der Waals surface area contributed by atoms with E-state index in [1.54, 1.807) is 0 Å². The number of nitro benzene ring substituents is 1. The molecule has 0 aliphatic carbocycles. The molecule has 0 bridgehead atoms. The fraction of sp³-hybridized carbons (Fsp3) is 0.100. The lowest BCUT2D eigenvalue weighted by Crippen LogP contribution is -2.08. The summed E-state index contributed by atoms with van der Waals surface area (Å²) in [6, 6.07) is 5.85. The Balaban J connectivity index is 2.60. The Morgan fingerprint density at radius 2 is 1.95 bits per heavy atom. The van der Waals surface area contributed by atoms with Crippen LogP contribution < -0.4 is 0 Å². The van der Waals surface area contributed by atoms with Crippen LogP contribution in [0.5, 0.6) is 0 Å². The molecule has 5 nitrogen and oxygen atoms in total. The van der Waals surface area contributed by atoms with Crippen molar-refractivity contribution in [1.82, 2.24) is 9.78 Å². The zero-order valence-corrected chi connectivity index (χ0v) is 9.81. The molecule has 0 saturated carbocycles. The first-order valence-corrected chi connectivity index (χ1v) is 5.25. The van der Waals surface area contributed by atoms with Gasteiger partial charge in [-0.1, -0.05) is 23.7 Å². The topological polar surface area (TPSA) is 61.0 Å². The minimum Gasteiger partial charge on any atom is -0.258 e. The maximum atomic E-state index is 12.5. The van der Waals surface area contributed by atoms with Crippen molar-refractivity contribution in [2.24, 2.45) is 0 Å². The van der Waals surface area contributed by atoms with Gasteiger partial charge in [-0.05, 0) is 6.07 Å². The third-order valence-electron chi connectivity index (χ3n) is 2.26. The van der Waals surface area contributed by atoms with E-state index in [2.05, 4.69) is 5.10 Å². The minimum atomic E-state index is -4.67. The third-order valence-corrected chi connectivity index (χ3v) is 2.53. The standard InChI is InChI=1S/C10H5ClF3N3O2/c11-9-5-8(10(12,13)14)15-16(9)6-3-1-2-4-7(6)17(18)19/h1-5H. The number of para-hydroxylation sites is 2. The summed E-state index contributed by atoms with van der Waals surface area (Å²) in [4.78, 5) is 10.1. The van der Waals surface area contributed by atoms with E-state index in [-0.39, 0.29) is 16.5 Å². The van der Waals surface area contributed by atoms with Crippen molar-refractivity contribution in [1.29, 1.82) is 0 Å². The first kappa shape index (κ1) is 13.3. The second-order valence-electron chi connectivity index (χ2n) is 3.51. The van der Waals surface area contributed by atoms with Gasteiger partial charge in [0.05, 0.1) is 4.92 Å². The van der Waals surface area contributed by atoms with Crippen LogP contribution in [0.2, 0.25) is 5.15 Å². The Kier molecular flexibility index (Phi) is 3.19. The van der Waals surface area contributed by atoms with Crippen LogP contribution in [0, 0.1) is 10.1 Å². The fourth-order valence-electron chi connectivity index (χ4n) is 1.46. The molecule has 2 aromatic rings. The molecule has 0 aliphatic rings. The molecule has 100 valence electrons. The molecule has 0 amide bonds. The minimum absolute atomic E-state index is 0.131. The number of nitrogens with zero attached hydrogens (tertiary/aromatic N) is 3. The van der Waals surface area contributed by atoms with Crippen LogP contribution in [-0.4, -0.2) is 14.7 Å². The summed E-state index contributed by atoms with van der Waals surface area (Å²) >= 11 is 5.64. The van der Waals surface area contributed by atoms with E-state index in [0.717, 1.165) is 6.07 Å². The van der Waals surface area contributed by atoms with Crippen molar-refractivity contribution in [2.75, 3.05) is 0 Å². The van der Waals surface area contributed by atoms with Crippen LogP contribution in [0.1, 0.15) is 5.69 Å². The van der Waals surface area contributed by atoms with E-state index in [0.29, 0.717) is 10.7 Å². The molecule has 19 heavy (non-hydrogen) atoms. The van der Waals surface area contributed by atoms with Gasteiger partial charge in [0, 0.05) is 12.1 Å². The number of hydrogen-bond donors (Lipinski definition) is 0. The number of nitro groups is 1. The predicted octanol–water partition coefficient (Wildman–Crippen LogP) is 3.45. The van der Waals surface area contributed by atoms with E-state index in [1.807, 2.05) is 0 Å². The molecule has 0 N–H and O–H groups in total. The SMILES string of the molecule is O=[N+]([O-])c1ccccc1-n1nc(C(F)(F)F)cc1Cl. The number of hydrogen-bond acceptors (Lipinski definition) is 3. The lowest BCUT2D eigenvalue weighted by Gasteiger charge is -2.04. The molecule has 0 fully saturated rings. The molecule has 0 spiro atoms. The number of aromatic nitrogens is 2. The molecule has 9 heteroatoms. The number of benzene rings is 1. The Morgan fingerprint density at radius 1 is 1.32 bits per heavy atom. The molecule has 0 saturated heterocycles. The van der Waals surface area contributed by atoms with Crippen molar-refractivity contribution in [3.05, 3.63) is 51.3 Å². The smallest absolute Gasteiger partial charge is 0.258 e. The van der Waals surface area contributed by atoms with Crippen molar-refractivity contribution in [3.63, 3.8) is 0 Å². The van der Waals surface area contributed by atoms with Gasteiger partial charge in [0.1, 0.15) is 10.8 Å². The van der Waals surface area contributed by atoms with Gasteiger partial charge in [-0.3, -0.25) is 10.1 Å². The van der Waals surface area contributed by atoms with Crippen LogP contribution in [0.25, 0.3) is 5.69 Å². The van der Waals surface area contributed by atoms with E-state index < -0.39 is 16.8 Å². The van der Waals surface area contributed by atoms with Crippen molar-refractivity contribution in [3.8, 4) is 5.69 Å². The monoisotopic (exact) mass is 291 g/mol. The van der Waals surface area contributed by atoms with Crippen molar-refractivity contribution >= 4 is 17.3 Å². The molecule has 2 rings (SSSR count). The van der Waals surface area contributed by atoms with Gasteiger partial charge in [0.15, 0.2) is 5.69 Å². The Labute approximate surface area is 109 Å². The Morgan fingerprint density at radius 3 is 2.47 bits per heavy atom. The van der Waals surface area contributed by atoms with Gasteiger partial charge in [0.25, 0.3) is 5.69 Å². The molecule has 0 aliphatic heterocycles. The van der Waals surface area contributed by atoms with Crippen LogP contribution in [0.3, 0.4) is 0 Å². The van der Waals surface area contributed by atoms with E-state index in [4.69, 9.17) is 11.6 Å². The maximum absolute atomic E-state index is 12.5. The zero-order valence-electron chi connectivity index (χ0n) is 9.06. The summed E-state index contributed by atoms with van der Waals surface area (Å²) in [5, 5.41) is 13.7. The lowest BCUT2D eigenvalue weighted by molar-refractivity contribution is -0.384. The zero-order chi connectivity index (χ0) is 14.2. The van der Waals surface area contributed by atoms with Crippen LogP contribution >= 0.6 is 11.6 Å². The van der Waals surface area contributed by atoms with Gasteiger partial charge in [0.2, 0.25) is 0 Å². The summed E-state index contributed by atoms with van der Waals surface area (Å²) in [6.45, 7) is 0. The lowest BCUT2D eigenvalue weighted by atomic mass is 10.3. The molecule has 1 aromatic heterocycles. The molecular weight excluding hydrogens is 287 g/mol. The Bertz CT molecular complexity index is 639. The summed E-state index contributed by atoms with van der Waals surface area (Å²) < 4.78 is 38.1. The molecule has 1 aromatic carbocycles. The third kappa shape index (κ3) is 2.53. The molecule has 1 heterocycles. The largest absolute Gasteiger partial charge is 0.435 e. The number of rotatable bonds is 2. The van der Waals surface area contributed by atoms with Crippen LogP contribution in [0.15, 0.2) is 30.3 Å². The second kappa shape index (κ2) is 4.54. The average molecular weight is 292 g/mol. The highest BCUT2D eigenvalue weighted by molar-refractivity contribution is 6.29. The highest BCUT2D eigenvalue weighted by Gasteiger charge is 2.35. The average Bonchev–Trinajstić information content (AvgIpc) is 2.71. The second-order valence-corrected chi connectivity index (χ2v) is 3.89. The molecule has 0 unspecified atom stereocenters. The van der Waals surface area contributed by atoms with Gasteiger partial charge in [-0.2, -0.15) is 18.3 Å². The highest BCUT2D eigenvalue weighted by atomic mass is 35.5. The quantitative estimate of drug-likeness (QED) is 0.629. The van der Waals surface area contributed by atoms with Crippen LogP contribution in [0.4, 0.5) is 18.9 Å². The van der Waals surface area contributed by atoms with Gasteiger partial charge in [-0.25, -0.2) is 4.68 Å². The summed E-state index contributed by atoms with van der Waals surface area (Å²) in [5.74, 6) is 0. The molecule has 0 radical (unpaired) electrons. The molecular formula is C10H5ClF3N3O2. The van der Waals surface area contributed by atoms with Crippen LogP contribution in [-0.2, 0) is 6.18 Å². The summed E-state index contributed by atoms with van der Waals surface area (Å²) in [5.41, 5.74) is -1.73. The van der Waals surface area contributed by atoms with E-state index >= 15 is 0 Å². The molecule has 0 atom stereocenters. The van der Waals surface area contributed by atoms with Crippen molar-refractivity contribution < 1.29 is 18.1 Å². The summed E-state index contributed by atoms with van der Waals surface area (Å²) in [7, 11) is 0. The Hall–Kier alpha value is -2.09. The normalized spacial score (nSPS) is 11.6. The summed E-state index contributed by atoms with van der Waals surface area (Å²) in [6.07, 6.45) is -4.67. The number of halogens is 4. The van der Waals surface area contributed by atoms with Crippen molar-refractivity contribution in [2.45, 2.75) is 6.18 Å². The van der Waals surface area contributed by atoms with Gasteiger partial charge in [-0.15, -0.1) is 0 Å². The van der Waals surface area contributed by atoms with E-state index in [1.165, 1.54) is 18.2 Å². The maximum Gasteiger partial charge on any atom is 0.435 e. The number of alkyl halides is 3. The van der Waals surface area contributed by atoms with E-state index in [9.17, 15) is 23.3 Å².